The Morgan fingerprint density at radius 3 is 2.24 bits per heavy atom. The number of ether oxygens (including phenoxy) is 1. The summed E-state index contributed by atoms with van der Waals surface area (Å²) >= 11 is 0.311. The van der Waals surface area contributed by atoms with E-state index < -0.39 is 27.6 Å². The zero-order valence-electron chi connectivity index (χ0n) is 13.2. The maximum atomic E-state index is 13.0. The summed E-state index contributed by atoms with van der Waals surface area (Å²) in [4.78, 5) is 34.2. The zero-order valence-corrected chi connectivity index (χ0v) is 14.0. The van der Waals surface area contributed by atoms with Crippen LogP contribution in [-0.2, 0) is 14.3 Å². The summed E-state index contributed by atoms with van der Waals surface area (Å²) in [5, 5.41) is 10.6. The van der Waals surface area contributed by atoms with Gasteiger partial charge in [-0.15, -0.1) is 0 Å². The molecule has 0 aliphatic rings. The van der Waals surface area contributed by atoms with Crippen molar-refractivity contribution < 1.29 is 32.4 Å². The first-order valence-corrected chi connectivity index (χ1v) is 7.76. The number of thioether (sulfide) groups is 1. The number of nitrogens with zero attached hydrogens (tertiary/aromatic N) is 1. The van der Waals surface area contributed by atoms with Gasteiger partial charge in [-0.05, 0) is 26.0 Å². The molecule has 1 aromatic carbocycles. The second-order valence-electron chi connectivity index (χ2n) is 4.64. The van der Waals surface area contributed by atoms with Crippen LogP contribution in [0.3, 0.4) is 0 Å². The van der Waals surface area contributed by atoms with Crippen molar-refractivity contribution in [3.05, 3.63) is 46.5 Å². The van der Waals surface area contributed by atoms with Gasteiger partial charge in [-0.3, -0.25) is 14.9 Å². The Kier molecular flexibility index (Phi) is 6.74. The van der Waals surface area contributed by atoms with Crippen LogP contribution >= 0.6 is 11.8 Å². The minimum Gasteiger partial charge on any atom is -0.464 e. The molecule has 0 aromatic heterocycles. The van der Waals surface area contributed by atoms with Crippen LogP contribution in [0.25, 0.3) is 0 Å². The predicted molar refractivity (Wildman–Crippen MR) is 84.2 cm³/mol. The molecule has 0 N–H and O–H groups in total. The van der Waals surface area contributed by atoms with Crippen LogP contribution in [0.2, 0.25) is 0 Å². The highest BCUT2D eigenvalue weighted by atomic mass is 32.2. The summed E-state index contributed by atoms with van der Waals surface area (Å²) in [5.74, 6) is -3.65. The van der Waals surface area contributed by atoms with Crippen LogP contribution in [0.5, 0.6) is 0 Å². The molecule has 0 radical (unpaired) electrons. The number of alkyl halides is 3. The molecule has 25 heavy (non-hydrogen) atoms. The molecule has 1 atom stereocenters. The molecule has 0 spiro atoms. The largest absolute Gasteiger partial charge is 0.464 e. The summed E-state index contributed by atoms with van der Waals surface area (Å²) in [5.41, 5.74) is -0.278. The molecule has 0 bridgehead atoms. The Bertz CT molecular complexity index is 687. The van der Waals surface area contributed by atoms with Gasteiger partial charge in [-0.2, -0.15) is 13.2 Å². The average Bonchev–Trinajstić information content (AvgIpc) is 2.53. The van der Waals surface area contributed by atoms with Crippen LogP contribution in [0.1, 0.15) is 13.8 Å². The van der Waals surface area contributed by atoms with Crippen LogP contribution in [0.15, 0.2) is 41.3 Å². The fraction of sp³-hybridized carbons (Fsp3) is 0.333. The fourth-order valence-electron chi connectivity index (χ4n) is 1.86. The van der Waals surface area contributed by atoms with Gasteiger partial charge >= 0.3 is 12.1 Å². The van der Waals surface area contributed by atoms with Crippen LogP contribution in [-0.4, -0.2) is 34.2 Å². The standard InChI is InChI=1S/C15H14F3NO5S/c1-3-9-14(13(21)24-4-2,12(20)15(16,17)18)25-11-7-5-10(6-8-11)19(22)23/h3,5-9H,4H2,1-2H3/b9-3+. The first kappa shape index (κ1) is 20.7. The van der Waals surface area contributed by atoms with Gasteiger partial charge in [0.05, 0.1) is 11.5 Å². The molecule has 1 unspecified atom stereocenters. The van der Waals surface area contributed by atoms with Crippen LogP contribution in [0.4, 0.5) is 18.9 Å². The van der Waals surface area contributed by atoms with Crippen molar-refractivity contribution in [2.24, 2.45) is 0 Å². The van der Waals surface area contributed by atoms with Gasteiger partial charge in [0.2, 0.25) is 4.75 Å². The van der Waals surface area contributed by atoms with Crippen molar-refractivity contribution in [1.82, 2.24) is 0 Å². The number of rotatable bonds is 7. The lowest BCUT2D eigenvalue weighted by Gasteiger charge is -2.27. The Labute approximate surface area is 145 Å². The SMILES string of the molecule is C/C=C/C(Sc1ccc([N+](=O)[O-])cc1)(C(=O)OCC)C(=O)C(F)(F)F. The maximum absolute atomic E-state index is 13.0. The lowest BCUT2D eigenvalue weighted by atomic mass is 10.0. The van der Waals surface area contributed by atoms with E-state index in [0.717, 1.165) is 36.4 Å². The number of carbonyl (C=O) groups is 2. The first-order valence-electron chi connectivity index (χ1n) is 6.94. The van der Waals surface area contributed by atoms with E-state index in [1.807, 2.05) is 0 Å². The smallest absolute Gasteiger partial charge is 0.452 e. The van der Waals surface area contributed by atoms with Crippen molar-refractivity contribution in [3.8, 4) is 0 Å². The third-order valence-corrected chi connectivity index (χ3v) is 4.22. The summed E-state index contributed by atoms with van der Waals surface area (Å²) in [7, 11) is 0. The molecule has 0 heterocycles. The van der Waals surface area contributed by atoms with Gasteiger partial charge in [0.1, 0.15) is 0 Å². The lowest BCUT2D eigenvalue weighted by Crippen LogP contribution is -2.49. The van der Waals surface area contributed by atoms with E-state index in [2.05, 4.69) is 4.74 Å². The van der Waals surface area contributed by atoms with Gasteiger partial charge in [0.15, 0.2) is 0 Å². The van der Waals surface area contributed by atoms with Crippen LogP contribution in [0, 0.1) is 10.1 Å². The number of halogens is 3. The highest BCUT2D eigenvalue weighted by Gasteiger charge is 2.57. The molecule has 1 aromatic rings. The van der Waals surface area contributed by atoms with E-state index in [4.69, 9.17) is 0 Å². The molecule has 0 aliphatic carbocycles. The third-order valence-electron chi connectivity index (χ3n) is 2.90. The van der Waals surface area contributed by atoms with Gasteiger partial charge in [-0.25, -0.2) is 4.79 Å². The molecular formula is C15H14F3NO5S. The Morgan fingerprint density at radius 2 is 1.84 bits per heavy atom. The third kappa shape index (κ3) is 4.81. The number of non-ortho nitro benzene ring substituents is 1. The molecule has 6 nitrogen and oxygen atoms in total. The van der Waals surface area contributed by atoms with Gasteiger partial charge in [0, 0.05) is 17.0 Å². The van der Waals surface area contributed by atoms with Gasteiger partial charge in [0.25, 0.3) is 11.5 Å². The molecule has 10 heteroatoms. The second-order valence-corrected chi connectivity index (χ2v) is 5.96. The van der Waals surface area contributed by atoms with Crippen molar-refractivity contribution in [1.29, 1.82) is 0 Å². The van der Waals surface area contributed by atoms with E-state index in [-0.39, 0.29) is 17.2 Å². The van der Waals surface area contributed by atoms with E-state index in [9.17, 15) is 32.9 Å². The van der Waals surface area contributed by atoms with E-state index >= 15 is 0 Å². The Morgan fingerprint density at radius 1 is 1.28 bits per heavy atom. The number of nitro benzene ring substituents is 1. The summed E-state index contributed by atoms with van der Waals surface area (Å²) in [6, 6.07) is 4.44. The Balaban J connectivity index is 3.40. The van der Waals surface area contributed by atoms with E-state index in [0.29, 0.717) is 11.8 Å². The van der Waals surface area contributed by atoms with E-state index in [1.54, 1.807) is 0 Å². The number of ketones is 1. The summed E-state index contributed by atoms with van der Waals surface area (Å²) in [6.07, 6.45) is -3.33. The summed E-state index contributed by atoms with van der Waals surface area (Å²) < 4.78 is 41.1. The normalized spacial score (nSPS) is 14.1. The molecule has 0 saturated carbocycles. The van der Waals surface area contributed by atoms with E-state index in [1.165, 1.54) is 13.8 Å². The molecule has 1 rings (SSSR count). The van der Waals surface area contributed by atoms with Gasteiger partial charge < -0.3 is 4.74 Å². The number of nitro groups is 1. The maximum Gasteiger partial charge on any atom is 0.452 e. The molecule has 0 saturated heterocycles. The number of hydrogen-bond acceptors (Lipinski definition) is 6. The quantitative estimate of drug-likeness (QED) is 0.180. The minimum absolute atomic E-state index is 0.0642. The number of hydrogen-bond donors (Lipinski definition) is 0. The number of benzene rings is 1. The van der Waals surface area contributed by atoms with Crippen molar-refractivity contribution in [3.63, 3.8) is 0 Å². The lowest BCUT2D eigenvalue weighted by molar-refractivity contribution is -0.384. The number of allylic oxidation sites excluding steroid dienone is 1. The summed E-state index contributed by atoms with van der Waals surface area (Å²) in [6.45, 7) is 2.53. The van der Waals surface area contributed by atoms with Crippen molar-refractivity contribution in [2.45, 2.75) is 29.7 Å². The van der Waals surface area contributed by atoms with Gasteiger partial charge in [-0.1, -0.05) is 23.9 Å². The molecule has 0 aliphatic heterocycles. The number of Topliss-reactive ketones (excluding diaryl/α,β-unsaturated/α-hetero) is 1. The molecule has 0 fully saturated rings. The number of carbonyl (C=O) groups excluding carboxylic acids is 2. The topological polar surface area (TPSA) is 86.5 Å². The van der Waals surface area contributed by atoms with Crippen molar-refractivity contribution >= 4 is 29.2 Å². The Hall–Kier alpha value is -2.36. The molecular weight excluding hydrogens is 363 g/mol. The predicted octanol–water partition coefficient (Wildman–Crippen LogP) is 3.70. The molecule has 0 amide bonds. The van der Waals surface area contributed by atoms with Crippen LogP contribution < -0.4 is 0 Å². The average molecular weight is 377 g/mol. The zero-order chi connectivity index (χ0) is 19.3. The highest BCUT2D eigenvalue weighted by molar-refractivity contribution is 8.02. The first-order chi connectivity index (χ1) is 11.6. The molecule has 136 valence electrons. The van der Waals surface area contributed by atoms with Crippen molar-refractivity contribution in [2.75, 3.05) is 6.61 Å². The monoisotopic (exact) mass is 377 g/mol. The fourth-order valence-corrected chi connectivity index (χ4v) is 3.06. The highest BCUT2D eigenvalue weighted by Crippen LogP contribution is 2.41. The minimum atomic E-state index is -5.28. The second kappa shape index (κ2) is 8.15. The number of esters is 1.